The van der Waals surface area contributed by atoms with Gasteiger partial charge in [0.1, 0.15) is 0 Å². The molecule has 13 heavy (non-hydrogen) atoms. The van der Waals surface area contributed by atoms with Crippen molar-refractivity contribution in [3.05, 3.63) is 0 Å². The summed E-state index contributed by atoms with van der Waals surface area (Å²) in [4.78, 5) is 4.18. The quantitative estimate of drug-likeness (QED) is 0.259. The molecule has 76 valence electrons. The third kappa shape index (κ3) is 4.12. The zero-order valence-electron chi connectivity index (χ0n) is 8.51. The van der Waals surface area contributed by atoms with Crippen molar-refractivity contribution in [2.75, 3.05) is 6.54 Å². The lowest BCUT2D eigenvalue weighted by Crippen LogP contribution is -2.45. The predicted octanol–water partition coefficient (Wildman–Crippen LogP) is 0.604. The first-order valence-corrected chi connectivity index (χ1v) is 5.03. The first kappa shape index (κ1) is 10.3. The van der Waals surface area contributed by atoms with Gasteiger partial charge in [0.15, 0.2) is 0 Å². The molecular weight excluding hydrogens is 164 g/mol. The van der Waals surface area contributed by atoms with E-state index >= 15 is 0 Å². The van der Waals surface area contributed by atoms with Crippen LogP contribution in [-0.4, -0.2) is 18.5 Å². The maximum Gasteiger partial charge on any atom is 0.205 e. The Morgan fingerprint density at radius 2 is 2.31 bits per heavy atom. The van der Waals surface area contributed by atoms with Crippen molar-refractivity contribution in [2.45, 2.75) is 39.2 Å². The monoisotopic (exact) mass is 184 g/mol. The highest BCUT2D eigenvalue weighted by Crippen LogP contribution is 2.33. The molecule has 1 rings (SSSR count). The molecule has 1 saturated carbocycles. The number of guanidine groups is 1. The number of hydrazine groups is 1. The maximum atomic E-state index is 5.31. The van der Waals surface area contributed by atoms with Crippen LogP contribution in [0.1, 0.15) is 33.1 Å². The number of nitrogens with one attached hydrogen (secondary N) is 2. The summed E-state index contributed by atoms with van der Waals surface area (Å²) in [6.07, 6.45) is 4.01. The fourth-order valence-electron chi connectivity index (χ4n) is 1.44. The highest BCUT2D eigenvalue weighted by molar-refractivity contribution is 5.79. The first-order chi connectivity index (χ1) is 6.26. The van der Waals surface area contributed by atoms with Crippen LogP contribution in [0.4, 0.5) is 0 Å². The number of aliphatic imine (C=N–C) groups is 1. The van der Waals surface area contributed by atoms with Gasteiger partial charge in [-0.25, -0.2) is 5.84 Å². The van der Waals surface area contributed by atoms with Gasteiger partial charge in [-0.15, -0.1) is 0 Å². The van der Waals surface area contributed by atoms with Gasteiger partial charge in [-0.3, -0.25) is 10.4 Å². The van der Waals surface area contributed by atoms with Gasteiger partial charge in [0.25, 0.3) is 0 Å². The molecular formula is C9H20N4. The molecule has 4 N–H and O–H groups in total. The van der Waals surface area contributed by atoms with Gasteiger partial charge < -0.3 is 5.32 Å². The summed E-state index contributed by atoms with van der Waals surface area (Å²) in [5.74, 6) is 6.95. The van der Waals surface area contributed by atoms with Crippen LogP contribution in [0.15, 0.2) is 4.99 Å². The van der Waals surface area contributed by atoms with Gasteiger partial charge in [-0.1, -0.05) is 12.8 Å². The molecule has 1 fully saturated rings. The number of nitrogens with zero attached hydrogens (tertiary/aromatic N) is 1. The molecule has 0 radical (unpaired) electrons. The van der Waals surface area contributed by atoms with Crippen molar-refractivity contribution in [1.29, 1.82) is 0 Å². The zero-order valence-corrected chi connectivity index (χ0v) is 8.51. The van der Waals surface area contributed by atoms with Gasteiger partial charge in [-0.2, -0.15) is 0 Å². The van der Waals surface area contributed by atoms with E-state index < -0.39 is 0 Å². The van der Waals surface area contributed by atoms with Crippen LogP contribution >= 0.6 is 0 Å². The number of hydrogen-bond acceptors (Lipinski definition) is 2. The average Bonchev–Trinajstić information content (AvgIpc) is 2.87. The maximum absolute atomic E-state index is 5.31. The molecule has 0 heterocycles. The van der Waals surface area contributed by atoms with E-state index in [2.05, 4.69) is 22.7 Å². The molecule has 1 aliphatic rings. The van der Waals surface area contributed by atoms with Crippen LogP contribution in [0.25, 0.3) is 0 Å². The van der Waals surface area contributed by atoms with Gasteiger partial charge in [0.05, 0.1) is 0 Å². The molecule has 1 atom stereocenters. The molecule has 4 heteroatoms. The van der Waals surface area contributed by atoms with Crippen LogP contribution in [0.3, 0.4) is 0 Å². The Labute approximate surface area is 80.0 Å². The second-order valence-electron chi connectivity index (χ2n) is 3.69. The third-order valence-corrected chi connectivity index (χ3v) is 2.22. The molecule has 0 saturated heterocycles. The van der Waals surface area contributed by atoms with Crippen molar-refractivity contribution < 1.29 is 0 Å². The Bertz CT molecular complexity index is 174. The molecule has 0 spiro atoms. The summed E-state index contributed by atoms with van der Waals surface area (Å²) in [5, 5.41) is 3.25. The van der Waals surface area contributed by atoms with Crippen molar-refractivity contribution >= 4 is 5.96 Å². The van der Waals surface area contributed by atoms with Gasteiger partial charge in [0.2, 0.25) is 5.96 Å². The molecule has 0 aliphatic heterocycles. The summed E-state index contributed by atoms with van der Waals surface area (Å²) in [5.41, 5.74) is 2.57. The summed E-state index contributed by atoms with van der Waals surface area (Å²) in [6, 6.07) is 0.467. The lowest BCUT2D eigenvalue weighted by Gasteiger charge is -2.15. The zero-order chi connectivity index (χ0) is 9.68. The number of nitrogens with two attached hydrogens (primary N) is 1. The van der Waals surface area contributed by atoms with Crippen molar-refractivity contribution in [1.82, 2.24) is 10.7 Å². The SMILES string of the molecule is CCN=C(NN)NC(C)CC1CC1. The van der Waals surface area contributed by atoms with Crippen LogP contribution in [-0.2, 0) is 0 Å². The second-order valence-corrected chi connectivity index (χ2v) is 3.69. The van der Waals surface area contributed by atoms with Crippen LogP contribution < -0.4 is 16.6 Å². The molecule has 1 unspecified atom stereocenters. The minimum atomic E-state index is 0.467. The Morgan fingerprint density at radius 3 is 2.77 bits per heavy atom. The highest BCUT2D eigenvalue weighted by Gasteiger charge is 2.23. The normalized spacial score (nSPS) is 19.8. The fraction of sp³-hybridized carbons (Fsp3) is 0.889. The predicted molar refractivity (Wildman–Crippen MR) is 55.2 cm³/mol. The van der Waals surface area contributed by atoms with E-state index in [1.54, 1.807) is 0 Å². The molecule has 0 amide bonds. The number of hydrogen-bond donors (Lipinski definition) is 3. The first-order valence-electron chi connectivity index (χ1n) is 5.03. The van der Waals surface area contributed by atoms with Gasteiger partial charge in [-0.05, 0) is 26.2 Å². The summed E-state index contributed by atoms with van der Waals surface area (Å²) in [7, 11) is 0. The van der Waals surface area contributed by atoms with Crippen LogP contribution in [0.5, 0.6) is 0 Å². The van der Waals surface area contributed by atoms with Gasteiger partial charge in [0, 0.05) is 12.6 Å². The molecule has 0 aromatic heterocycles. The molecule has 1 aliphatic carbocycles. The summed E-state index contributed by atoms with van der Waals surface area (Å²) < 4.78 is 0. The topological polar surface area (TPSA) is 62.4 Å². The van der Waals surface area contributed by atoms with Crippen molar-refractivity contribution in [2.24, 2.45) is 16.8 Å². The molecule has 0 bridgehead atoms. The van der Waals surface area contributed by atoms with Crippen molar-refractivity contribution in [3.8, 4) is 0 Å². The number of rotatable bonds is 4. The van der Waals surface area contributed by atoms with E-state index in [1.807, 2.05) is 6.92 Å². The molecule has 0 aromatic rings. The Hall–Kier alpha value is -0.770. The average molecular weight is 184 g/mol. The minimum Gasteiger partial charge on any atom is -0.353 e. The Kier molecular flexibility index (Phi) is 4.02. The minimum absolute atomic E-state index is 0.467. The van der Waals surface area contributed by atoms with Crippen LogP contribution in [0.2, 0.25) is 0 Å². The van der Waals surface area contributed by atoms with E-state index in [9.17, 15) is 0 Å². The van der Waals surface area contributed by atoms with E-state index in [4.69, 9.17) is 5.84 Å². The van der Waals surface area contributed by atoms with E-state index in [-0.39, 0.29) is 0 Å². The Morgan fingerprint density at radius 1 is 1.62 bits per heavy atom. The van der Waals surface area contributed by atoms with E-state index in [0.29, 0.717) is 12.0 Å². The third-order valence-electron chi connectivity index (χ3n) is 2.22. The summed E-state index contributed by atoms with van der Waals surface area (Å²) in [6.45, 7) is 4.91. The summed E-state index contributed by atoms with van der Waals surface area (Å²) >= 11 is 0. The van der Waals surface area contributed by atoms with E-state index in [1.165, 1.54) is 19.3 Å². The largest absolute Gasteiger partial charge is 0.353 e. The highest BCUT2D eigenvalue weighted by atomic mass is 15.3. The fourth-order valence-corrected chi connectivity index (χ4v) is 1.44. The lowest BCUT2D eigenvalue weighted by molar-refractivity contribution is 0.554. The standard InChI is InChI=1S/C9H20N4/c1-3-11-9(13-10)12-7(2)6-8-4-5-8/h7-8H,3-6,10H2,1-2H3,(H2,11,12,13). The molecule has 0 aromatic carbocycles. The second kappa shape index (κ2) is 5.07. The van der Waals surface area contributed by atoms with Crippen molar-refractivity contribution in [3.63, 3.8) is 0 Å². The Balaban J connectivity index is 2.22. The van der Waals surface area contributed by atoms with Gasteiger partial charge >= 0.3 is 0 Å². The molecule has 4 nitrogen and oxygen atoms in total. The lowest BCUT2D eigenvalue weighted by atomic mass is 10.2. The smallest absolute Gasteiger partial charge is 0.205 e. The van der Waals surface area contributed by atoms with Crippen LogP contribution in [0, 0.1) is 5.92 Å². The van der Waals surface area contributed by atoms with E-state index in [0.717, 1.165) is 12.5 Å².